The molecule has 0 bridgehead atoms. The van der Waals surface area contributed by atoms with Crippen molar-refractivity contribution in [3.05, 3.63) is 66.0 Å². The first kappa shape index (κ1) is 17.0. The van der Waals surface area contributed by atoms with Crippen molar-refractivity contribution in [3.8, 4) is 0 Å². The zero-order chi connectivity index (χ0) is 17.8. The molecule has 1 aromatic carbocycles. The maximum atomic E-state index is 4.50. The summed E-state index contributed by atoms with van der Waals surface area (Å²) in [4.78, 5) is 2.53. The fraction of sp³-hybridized carbons (Fsp3) is 0.450. The van der Waals surface area contributed by atoms with Gasteiger partial charge in [0.05, 0.1) is 18.8 Å². The summed E-state index contributed by atoms with van der Waals surface area (Å²) >= 11 is 0. The van der Waals surface area contributed by atoms with Crippen LogP contribution in [0.1, 0.15) is 49.2 Å². The molecule has 3 aromatic rings. The van der Waals surface area contributed by atoms with Gasteiger partial charge in [-0.15, -0.1) is 10.2 Å². The number of piperidine rings is 1. The molecule has 1 saturated heterocycles. The molecule has 0 saturated carbocycles. The average molecular weight is 350 g/mol. The molecule has 0 amide bonds. The summed E-state index contributed by atoms with van der Waals surface area (Å²) in [7, 11) is 0. The first-order chi connectivity index (χ1) is 12.8. The van der Waals surface area contributed by atoms with Crippen molar-refractivity contribution in [2.45, 2.75) is 51.9 Å². The van der Waals surface area contributed by atoms with Gasteiger partial charge in [-0.25, -0.2) is 0 Å². The van der Waals surface area contributed by atoms with Crippen LogP contribution in [-0.2, 0) is 19.6 Å². The van der Waals surface area contributed by atoms with Crippen LogP contribution in [0.15, 0.2) is 49.1 Å². The van der Waals surface area contributed by atoms with E-state index in [1.807, 2.05) is 17.2 Å². The molecule has 0 aliphatic carbocycles. The summed E-state index contributed by atoms with van der Waals surface area (Å²) in [6.07, 6.45) is 9.63. The molecule has 0 N–H and O–H groups in total. The second-order valence-corrected chi connectivity index (χ2v) is 6.99. The molecule has 0 spiro atoms. The Kier molecular flexibility index (Phi) is 5.11. The number of hydrogen-bond donors (Lipinski definition) is 0. The van der Waals surface area contributed by atoms with Gasteiger partial charge in [-0.1, -0.05) is 36.8 Å². The highest BCUT2D eigenvalue weighted by atomic mass is 15.3. The van der Waals surface area contributed by atoms with Crippen LogP contribution in [0.25, 0.3) is 0 Å². The Hall–Kier alpha value is -2.47. The third kappa shape index (κ3) is 3.70. The summed E-state index contributed by atoms with van der Waals surface area (Å²) in [6, 6.07) is 10.8. The van der Waals surface area contributed by atoms with E-state index in [-0.39, 0.29) is 0 Å². The molecule has 4 rings (SSSR count). The number of benzene rings is 1. The lowest BCUT2D eigenvalue weighted by Crippen LogP contribution is -2.34. The quantitative estimate of drug-likeness (QED) is 0.685. The predicted molar refractivity (Wildman–Crippen MR) is 100 cm³/mol. The molecule has 6 nitrogen and oxygen atoms in total. The van der Waals surface area contributed by atoms with Gasteiger partial charge in [-0.05, 0) is 31.9 Å². The molecule has 2 aromatic heterocycles. The van der Waals surface area contributed by atoms with E-state index in [1.54, 1.807) is 0 Å². The SMILES string of the molecule is CCn1cc(CN2CCCCC2c2nncn2Cc2ccccc2)cn1. The van der Waals surface area contributed by atoms with E-state index in [2.05, 4.69) is 68.2 Å². The van der Waals surface area contributed by atoms with E-state index in [0.29, 0.717) is 6.04 Å². The number of rotatable bonds is 6. The molecule has 26 heavy (non-hydrogen) atoms. The minimum Gasteiger partial charge on any atom is -0.312 e. The second kappa shape index (κ2) is 7.83. The molecule has 1 atom stereocenters. The molecule has 6 heteroatoms. The molecule has 1 fully saturated rings. The number of nitrogens with zero attached hydrogens (tertiary/aromatic N) is 6. The van der Waals surface area contributed by atoms with Crippen molar-refractivity contribution >= 4 is 0 Å². The van der Waals surface area contributed by atoms with Gasteiger partial charge in [0.1, 0.15) is 6.33 Å². The zero-order valence-electron chi connectivity index (χ0n) is 15.3. The summed E-state index contributed by atoms with van der Waals surface area (Å²) in [5.41, 5.74) is 2.55. The minimum atomic E-state index is 0.319. The lowest BCUT2D eigenvalue weighted by molar-refractivity contribution is 0.130. The van der Waals surface area contributed by atoms with Crippen LogP contribution in [0.3, 0.4) is 0 Å². The third-order valence-corrected chi connectivity index (χ3v) is 5.15. The lowest BCUT2D eigenvalue weighted by atomic mass is 10.0. The van der Waals surface area contributed by atoms with Crippen LogP contribution in [0.2, 0.25) is 0 Å². The monoisotopic (exact) mass is 350 g/mol. The van der Waals surface area contributed by atoms with Crippen LogP contribution >= 0.6 is 0 Å². The van der Waals surface area contributed by atoms with E-state index in [4.69, 9.17) is 0 Å². The Balaban J connectivity index is 1.54. The Labute approximate surface area is 154 Å². The molecule has 136 valence electrons. The van der Waals surface area contributed by atoms with Gasteiger partial charge < -0.3 is 4.57 Å². The molecule has 1 unspecified atom stereocenters. The molecule has 1 aliphatic rings. The number of hydrogen-bond acceptors (Lipinski definition) is 4. The van der Waals surface area contributed by atoms with Gasteiger partial charge in [0.25, 0.3) is 0 Å². The topological polar surface area (TPSA) is 51.8 Å². The summed E-state index contributed by atoms with van der Waals surface area (Å²) < 4.78 is 4.19. The van der Waals surface area contributed by atoms with Gasteiger partial charge in [-0.3, -0.25) is 9.58 Å². The predicted octanol–water partition coefficient (Wildman–Crippen LogP) is 3.27. The number of aryl methyl sites for hydroxylation is 1. The summed E-state index contributed by atoms with van der Waals surface area (Å²) in [5, 5.41) is 13.1. The van der Waals surface area contributed by atoms with Crippen molar-refractivity contribution in [1.82, 2.24) is 29.4 Å². The highest BCUT2D eigenvalue weighted by molar-refractivity contribution is 5.16. The van der Waals surface area contributed by atoms with E-state index >= 15 is 0 Å². The number of likely N-dealkylation sites (tertiary alicyclic amines) is 1. The fourth-order valence-corrected chi connectivity index (χ4v) is 3.79. The second-order valence-electron chi connectivity index (χ2n) is 6.99. The van der Waals surface area contributed by atoms with Gasteiger partial charge >= 0.3 is 0 Å². The van der Waals surface area contributed by atoms with Crippen LogP contribution in [0, 0.1) is 0 Å². The number of aromatic nitrogens is 5. The summed E-state index contributed by atoms with van der Waals surface area (Å²) in [5.74, 6) is 1.08. The van der Waals surface area contributed by atoms with Gasteiger partial charge in [0.2, 0.25) is 0 Å². The Morgan fingerprint density at radius 2 is 1.96 bits per heavy atom. The van der Waals surface area contributed by atoms with Crippen LogP contribution < -0.4 is 0 Å². The largest absolute Gasteiger partial charge is 0.312 e. The molecule has 1 aliphatic heterocycles. The van der Waals surface area contributed by atoms with E-state index < -0.39 is 0 Å². The molecule has 0 radical (unpaired) electrons. The standard InChI is InChI=1S/C20H26N6/c1-2-26-15-18(12-22-26)14-24-11-7-6-10-19(24)20-23-21-16-25(20)13-17-8-4-3-5-9-17/h3-5,8-9,12,15-16,19H,2,6-7,10-11,13-14H2,1H3. The highest BCUT2D eigenvalue weighted by Gasteiger charge is 2.28. The van der Waals surface area contributed by atoms with Crippen LogP contribution in [0.4, 0.5) is 0 Å². The first-order valence-corrected chi connectivity index (χ1v) is 9.50. The van der Waals surface area contributed by atoms with E-state index in [1.165, 1.54) is 24.0 Å². The minimum absolute atomic E-state index is 0.319. The Morgan fingerprint density at radius 3 is 2.77 bits per heavy atom. The molecular weight excluding hydrogens is 324 g/mol. The van der Waals surface area contributed by atoms with Gasteiger partial charge in [0, 0.05) is 24.8 Å². The molecule has 3 heterocycles. The first-order valence-electron chi connectivity index (χ1n) is 9.50. The lowest BCUT2D eigenvalue weighted by Gasteiger charge is -2.34. The van der Waals surface area contributed by atoms with Crippen LogP contribution in [-0.4, -0.2) is 36.0 Å². The van der Waals surface area contributed by atoms with Crippen molar-refractivity contribution in [1.29, 1.82) is 0 Å². The summed E-state index contributed by atoms with van der Waals surface area (Å²) in [6.45, 7) is 5.87. The Morgan fingerprint density at radius 1 is 1.08 bits per heavy atom. The average Bonchev–Trinajstić information content (AvgIpc) is 3.32. The van der Waals surface area contributed by atoms with E-state index in [9.17, 15) is 0 Å². The van der Waals surface area contributed by atoms with Crippen molar-refractivity contribution in [2.24, 2.45) is 0 Å². The van der Waals surface area contributed by atoms with Gasteiger partial charge in [0.15, 0.2) is 5.82 Å². The highest BCUT2D eigenvalue weighted by Crippen LogP contribution is 2.31. The third-order valence-electron chi connectivity index (χ3n) is 5.15. The normalized spacial score (nSPS) is 18.3. The zero-order valence-corrected chi connectivity index (χ0v) is 15.3. The van der Waals surface area contributed by atoms with Gasteiger partial charge in [-0.2, -0.15) is 5.10 Å². The molecular formula is C20H26N6. The maximum Gasteiger partial charge on any atom is 0.150 e. The van der Waals surface area contributed by atoms with Crippen molar-refractivity contribution in [3.63, 3.8) is 0 Å². The smallest absolute Gasteiger partial charge is 0.150 e. The van der Waals surface area contributed by atoms with Crippen molar-refractivity contribution < 1.29 is 0 Å². The Bertz CT molecular complexity index is 822. The van der Waals surface area contributed by atoms with E-state index in [0.717, 1.165) is 38.4 Å². The maximum absolute atomic E-state index is 4.50. The van der Waals surface area contributed by atoms with Crippen LogP contribution in [0.5, 0.6) is 0 Å². The fourth-order valence-electron chi connectivity index (χ4n) is 3.79. The van der Waals surface area contributed by atoms with Crippen molar-refractivity contribution in [2.75, 3.05) is 6.54 Å².